The van der Waals surface area contributed by atoms with E-state index in [-0.39, 0.29) is 12.8 Å². The van der Waals surface area contributed by atoms with Gasteiger partial charge < -0.3 is 15.9 Å². The van der Waals surface area contributed by atoms with E-state index in [2.05, 4.69) is 5.32 Å². The van der Waals surface area contributed by atoms with Crippen LogP contribution < -0.4 is 11.1 Å². The van der Waals surface area contributed by atoms with E-state index in [1.807, 2.05) is 6.92 Å². The highest BCUT2D eigenvalue weighted by atomic mass is 16.3. The van der Waals surface area contributed by atoms with Crippen molar-refractivity contribution >= 4 is 0 Å². The number of nitrogens with one attached hydrogen (secondary N) is 1. The van der Waals surface area contributed by atoms with Crippen LogP contribution in [0, 0.1) is 0 Å². The zero-order valence-electron chi connectivity index (χ0n) is 6.67. The first kappa shape index (κ1) is 12.5. The lowest BCUT2D eigenvalue weighted by Gasteiger charge is -2.00. The van der Waals surface area contributed by atoms with Gasteiger partial charge in [0.1, 0.15) is 6.23 Å². The number of aliphatic hydroxyl groups is 2. The molecule has 1 atom stereocenters. The fraction of sp³-hybridized carbons (Fsp3) is 1.00. The summed E-state index contributed by atoms with van der Waals surface area (Å²) in [5.41, 5.74) is 4.78. The maximum Gasteiger partial charge on any atom is 0.102 e. The van der Waals surface area contributed by atoms with Crippen LogP contribution in [0.3, 0.4) is 0 Å². The normalized spacial score (nSPS) is 11.7. The van der Waals surface area contributed by atoms with E-state index in [4.69, 9.17) is 15.9 Å². The van der Waals surface area contributed by atoms with Crippen molar-refractivity contribution in [1.29, 1.82) is 0 Å². The van der Waals surface area contributed by atoms with Crippen molar-refractivity contribution in [3.63, 3.8) is 0 Å². The summed E-state index contributed by atoms with van der Waals surface area (Å²) in [7, 11) is 0. The number of rotatable bonds is 3. The van der Waals surface area contributed by atoms with Crippen LogP contribution in [0.25, 0.3) is 0 Å². The van der Waals surface area contributed by atoms with Gasteiger partial charge in [0.05, 0.1) is 6.61 Å². The van der Waals surface area contributed by atoms with Crippen LogP contribution in [0.1, 0.15) is 13.8 Å². The summed E-state index contributed by atoms with van der Waals surface area (Å²) in [6, 6.07) is 0. The van der Waals surface area contributed by atoms with Gasteiger partial charge in [-0.15, -0.1) is 0 Å². The molecule has 0 radical (unpaired) electrons. The summed E-state index contributed by atoms with van der Waals surface area (Å²) in [5.74, 6) is 0. The highest BCUT2D eigenvalue weighted by molar-refractivity contribution is 4.36. The van der Waals surface area contributed by atoms with E-state index in [0.717, 1.165) is 6.54 Å². The van der Waals surface area contributed by atoms with Crippen molar-refractivity contribution in [1.82, 2.24) is 5.32 Å². The molecule has 0 heterocycles. The molecule has 0 aliphatic rings. The first-order valence-corrected chi connectivity index (χ1v) is 3.41. The molecule has 10 heavy (non-hydrogen) atoms. The molecule has 0 amide bonds. The van der Waals surface area contributed by atoms with Crippen LogP contribution >= 0.6 is 0 Å². The van der Waals surface area contributed by atoms with Gasteiger partial charge in [-0.3, -0.25) is 5.32 Å². The summed E-state index contributed by atoms with van der Waals surface area (Å²) >= 11 is 0. The summed E-state index contributed by atoms with van der Waals surface area (Å²) in [5, 5.41) is 19.0. The second-order valence-corrected chi connectivity index (χ2v) is 1.75. The Kier molecular flexibility index (Phi) is 14.5. The number of nitrogens with two attached hydrogens (primary N) is 1. The van der Waals surface area contributed by atoms with E-state index in [1.54, 1.807) is 6.92 Å². The molecule has 0 aromatic heterocycles. The topological polar surface area (TPSA) is 78.5 Å². The summed E-state index contributed by atoms with van der Waals surface area (Å²) in [6.45, 7) is 4.95. The maximum absolute atomic E-state index is 8.44. The summed E-state index contributed by atoms with van der Waals surface area (Å²) < 4.78 is 0. The lowest BCUT2D eigenvalue weighted by Crippen LogP contribution is -2.24. The third-order valence-corrected chi connectivity index (χ3v) is 0.629. The van der Waals surface area contributed by atoms with Crippen molar-refractivity contribution < 1.29 is 10.2 Å². The number of aliphatic hydroxyl groups excluding tert-OH is 2. The maximum atomic E-state index is 8.44. The number of hydrogen-bond donors (Lipinski definition) is 4. The molecular formula is C6H18N2O2. The van der Waals surface area contributed by atoms with Crippen LogP contribution in [0.5, 0.6) is 0 Å². The standard InChI is InChI=1S/C4H11NO.C2H7NO/c1-3-5-4(2)6;3-1-2-4/h4-6H,3H2,1-2H3;4H,1-3H2. The molecule has 64 valence electrons. The van der Waals surface area contributed by atoms with Crippen LogP contribution in [-0.4, -0.2) is 36.1 Å². The molecule has 1 unspecified atom stereocenters. The van der Waals surface area contributed by atoms with Crippen LogP contribution in [0.4, 0.5) is 0 Å². The van der Waals surface area contributed by atoms with Crippen LogP contribution in [-0.2, 0) is 0 Å². The number of hydrogen-bond acceptors (Lipinski definition) is 4. The van der Waals surface area contributed by atoms with E-state index in [9.17, 15) is 0 Å². The average Bonchev–Trinajstić information content (AvgIpc) is 1.89. The van der Waals surface area contributed by atoms with Gasteiger partial charge in [0, 0.05) is 6.54 Å². The Morgan fingerprint density at radius 2 is 2.00 bits per heavy atom. The van der Waals surface area contributed by atoms with Crippen LogP contribution in [0.15, 0.2) is 0 Å². The predicted molar refractivity (Wildman–Crippen MR) is 41.5 cm³/mol. The fourth-order valence-electron chi connectivity index (χ4n) is 0.295. The van der Waals surface area contributed by atoms with Gasteiger partial charge in [-0.25, -0.2) is 0 Å². The first-order chi connectivity index (χ1) is 4.68. The molecule has 0 aromatic carbocycles. The quantitative estimate of drug-likeness (QED) is 0.384. The molecule has 0 spiro atoms. The minimum absolute atomic E-state index is 0.0972. The molecular weight excluding hydrogens is 132 g/mol. The zero-order chi connectivity index (χ0) is 8.41. The van der Waals surface area contributed by atoms with Gasteiger partial charge in [0.25, 0.3) is 0 Å². The summed E-state index contributed by atoms with van der Waals surface area (Å²) in [4.78, 5) is 0. The van der Waals surface area contributed by atoms with Gasteiger partial charge in [-0.05, 0) is 13.5 Å². The summed E-state index contributed by atoms with van der Waals surface area (Å²) in [6.07, 6.45) is -0.352. The molecule has 4 nitrogen and oxygen atoms in total. The molecule has 0 rings (SSSR count). The van der Waals surface area contributed by atoms with Gasteiger partial charge in [0.2, 0.25) is 0 Å². The van der Waals surface area contributed by atoms with Gasteiger partial charge in [-0.1, -0.05) is 6.92 Å². The van der Waals surface area contributed by atoms with E-state index in [1.165, 1.54) is 0 Å². The van der Waals surface area contributed by atoms with Crippen molar-refractivity contribution in [2.24, 2.45) is 5.73 Å². The Hall–Kier alpha value is -0.160. The lowest BCUT2D eigenvalue weighted by molar-refractivity contribution is 0.159. The highest BCUT2D eigenvalue weighted by Crippen LogP contribution is 1.65. The molecule has 0 aromatic rings. The van der Waals surface area contributed by atoms with Crippen molar-refractivity contribution in [3.8, 4) is 0 Å². The molecule has 0 bridgehead atoms. The molecule has 5 N–H and O–H groups in total. The van der Waals surface area contributed by atoms with E-state index in [0.29, 0.717) is 6.54 Å². The minimum Gasteiger partial charge on any atom is -0.395 e. The Balaban J connectivity index is 0. The van der Waals surface area contributed by atoms with Crippen LogP contribution in [0.2, 0.25) is 0 Å². The molecule has 0 saturated carbocycles. The van der Waals surface area contributed by atoms with Crippen molar-refractivity contribution in [2.75, 3.05) is 19.7 Å². The molecule has 4 heteroatoms. The molecule has 0 fully saturated rings. The third kappa shape index (κ3) is 24.9. The van der Waals surface area contributed by atoms with Gasteiger partial charge in [0.15, 0.2) is 0 Å². The SMILES string of the molecule is CCNC(C)O.NCCO. The van der Waals surface area contributed by atoms with Gasteiger partial charge in [-0.2, -0.15) is 0 Å². The zero-order valence-corrected chi connectivity index (χ0v) is 6.67. The Bertz CT molecular complexity index is 49.0. The lowest BCUT2D eigenvalue weighted by atomic mass is 10.6. The predicted octanol–water partition coefficient (Wildman–Crippen LogP) is -1.13. The second-order valence-electron chi connectivity index (χ2n) is 1.75. The monoisotopic (exact) mass is 150 g/mol. The molecule has 0 aliphatic heterocycles. The van der Waals surface area contributed by atoms with Gasteiger partial charge >= 0.3 is 0 Å². The second kappa shape index (κ2) is 11.6. The minimum atomic E-state index is -0.352. The van der Waals surface area contributed by atoms with E-state index >= 15 is 0 Å². The highest BCUT2D eigenvalue weighted by Gasteiger charge is 1.83. The molecule has 0 aliphatic carbocycles. The average molecular weight is 150 g/mol. The van der Waals surface area contributed by atoms with Crippen molar-refractivity contribution in [3.05, 3.63) is 0 Å². The Labute approximate surface area is 62.0 Å². The first-order valence-electron chi connectivity index (χ1n) is 3.41. The molecule has 0 saturated heterocycles. The Morgan fingerprint density at radius 1 is 1.60 bits per heavy atom. The van der Waals surface area contributed by atoms with E-state index < -0.39 is 0 Å². The fourth-order valence-corrected chi connectivity index (χ4v) is 0.295. The Morgan fingerprint density at radius 3 is 2.00 bits per heavy atom. The van der Waals surface area contributed by atoms with Crippen molar-refractivity contribution in [2.45, 2.75) is 20.1 Å². The third-order valence-electron chi connectivity index (χ3n) is 0.629. The largest absolute Gasteiger partial charge is 0.395 e. The smallest absolute Gasteiger partial charge is 0.102 e.